The third-order valence-corrected chi connectivity index (χ3v) is 2.33. The molecule has 52 valence electrons. The highest BCUT2D eigenvalue weighted by Gasteiger charge is 2.14. The van der Waals surface area contributed by atoms with Gasteiger partial charge in [-0.15, -0.1) is 0 Å². The Morgan fingerprint density at radius 1 is 1.18 bits per heavy atom. The Hall–Kier alpha value is -0.910. The van der Waals surface area contributed by atoms with Crippen molar-refractivity contribution in [3.63, 3.8) is 0 Å². The minimum atomic E-state index is 1.04. The molecule has 1 heteroatoms. The van der Waals surface area contributed by atoms with Crippen molar-refractivity contribution in [2.45, 2.75) is 0 Å². The summed E-state index contributed by atoms with van der Waals surface area (Å²) in [6, 6.07) is 8.24. The van der Waals surface area contributed by atoms with Crippen molar-refractivity contribution in [2.24, 2.45) is 0 Å². The second-order valence-corrected chi connectivity index (χ2v) is 3.17. The molecular weight excluding hydrogens is 200 g/mol. The van der Waals surface area contributed by atoms with Gasteiger partial charge in [0.1, 0.15) is 11.6 Å². The van der Waals surface area contributed by atoms with Crippen LogP contribution < -0.4 is 0 Å². The summed E-state index contributed by atoms with van der Waals surface area (Å²) < 4.78 is 1.04. The Morgan fingerprint density at radius 2 is 2.00 bits per heavy atom. The topological polar surface area (TPSA) is 0 Å². The van der Waals surface area contributed by atoms with E-state index in [2.05, 4.69) is 40.2 Å². The molecule has 0 N–H and O–H groups in total. The maximum atomic E-state index is 3.44. The largest absolute Gasteiger partial charge is 0.188 e. The second kappa shape index (κ2) is 2.61. The molecule has 2 rings (SSSR count). The fourth-order valence-corrected chi connectivity index (χ4v) is 1.62. The van der Waals surface area contributed by atoms with E-state index in [0.717, 1.165) is 4.48 Å². The fourth-order valence-electron chi connectivity index (χ4n) is 1.12. The number of hydrogen-bond acceptors (Lipinski definition) is 0. The minimum absolute atomic E-state index is 1.04. The lowest BCUT2D eigenvalue weighted by Gasteiger charge is -1.96. The Kier molecular flexibility index (Phi) is 1.61. The van der Waals surface area contributed by atoms with Crippen LogP contribution in [0, 0.1) is 6.08 Å². The van der Waals surface area contributed by atoms with Crippen molar-refractivity contribution in [1.29, 1.82) is 0 Å². The molecule has 11 heavy (non-hydrogen) atoms. The lowest BCUT2D eigenvalue weighted by molar-refractivity contribution is 1.58. The molecular formula is C10H6Br+. The van der Waals surface area contributed by atoms with Gasteiger partial charge in [0.15, 0.2) is 4.48 Å². The van der Waals surface area contributed by atoms with Crippen LogP contribution in [0.25, 0.3) is 10.6 Å². The first kappa shape index (κ1) is 6.78. The lowest BCUT2D eigenvalue weighted by Crippen LogP contribution is -1.85. The van der Waals surface area contributed by atoms with E-state index in [4.69, 9.17) is 0 Å². The van der Waals surface area contributed by atoms with Gasteiger partial charge in [-0.25, -0.2) is 0 Å². The molecule has 1 aromatic carbocycles. The molecule has 1 aliphatic rings. The van der Waals surface area contributed by atoms with Crippen molar-refractivity contribution in [2.75, 3.05) is 0 Å². The van der Waals surface area contributed by atoms with E-state index in [1.807, 2.05) is 18.2 Å². The zero-order valence-electron chi connectivity index (χ0n) is 5.84. The standard InChI is InChI=1S/C10H6Br/c11-10-7-3-5-8-4-1-2-6-9(8)10/h1-6H/q+1. The Balaban J connectivity index is 2.67. The van der Waals surface area contributed by atoms with Crippen LogP contribution in [-0.4, -0.2) is 0 Å². The summed E-state index contributed by atoms with van der Waals surface area (Å²) in [5.41, 5.74) is 2.47. The summed E-state index contributed by atoms with van der Waals surface area (Å²) in [6.07, 6.45) is 7.07. The minimum Gasteiger partial charge on any atom is -0.0581 e. The zero-order valence-corrected chi connectivity index (χ0v) is 7.43. The molecule has 0 radical (unpaired) electrons. The van der Waals surface area contributed by atoms with Gasteiger partial charge in [0.25, 0.3) is 0 Å². The molecule has 0 saturated carbocycles. The SMILES string of the molecule is BrC1=[C+]C=Cc2ccccc21. The van der Waals surface area contributed by atoms with E-state index in [1.165, 1.54) is 11.1 Å². The molecule has 0 aromatic heterocycles. The predicted octanol–water partition coefficient (Wildman–Crippen LogP) is 3.25. The Bertz CT molecular complexity index is 334. The smallest absolute Gasteiger partial charge is 0.0581 e. The number of rotatable bonds is 0. The van der Waals surface area contributed by atoms with Gasteiger partial charge in [0, 0.05) is 6.07 Å². The quantitative estimate of drug-likeness (QED) is 0.571. The van der Waals surface area contributed by atoms with Crippen LogP contribution in [0.4, 0.5) is 0 Å². The number of benzene rings is 1. The van der Waals surface area contributed by atoms with Crippen LogP contribution >= 0.6 is 15.9 Å². The van der Waals surface area contributed by atoms with Gasteiger partial charge in [-0.3, -0.25) is 0 Å². The van der Waals surface area contributed by atoms with Crippen LogP contribution in [0.1, 0.15) is 11.1 Å². The van der Waals surface area contributed by atoms with Crippen molar-refractivity contribution in [1.82, 2.24) is 0 Å². The molecule has 0 bridgehead atoms. The molecule has 1 aliphatic carbocycles. The summed E-state index contributed by atoms with van der Waals surface area (Å²) in [7, 11) is 0. The van der Waals surface area contributed by atoms with Crippen LogP contribution in [0.15, 0.2) is 30.3 Å². The van der Waals surface area contributed by atoms with E-state index >= 15 is 0 Å². The molecule has 0 atom stereocenters. The van der Waals surface area contributed by atoms with Crippen LogP contribution in [0.3, 0.4) is 0 Å². The van der Waals surface area contributed by atoms with E-state index in [9.17, 15) is 0 Å². The second-order valence-electron chi connectivity index (χ2n) is 2.38. The van der Waals surface area contributed by atoms with Gasteiger partial charge in [-0.2, -0.15) is 0 Å². The van der Waals surface area contributed by atoms with Crippen molar-refractivity contribution in [3.05, 3.63) is 47.5 Å². The first-order valence-electron chi connectivity index (χ1n) is 3.43. The van der Waals surface area contributed by atoms with Gasteiger partial charge in [-0.1, -0.05) is 6.07 Å². The van der Waals surface area contributed by atoms with Gasteiger partial charge in [-0.05, 0) is 28.1 Å². The Morgan fingerprint density at radius 3 is 2.82 bits per heavy atom. The molecule has 0 amide bonds. The third-order valence-electron chi connectivity index (χ3n) is 1.67. The highest BCUT2D eigenvalue weighted by Crippen LogP contribution is 2.28. The van der Waals surface area contributed by atoms with Gasteiger partial charge in [0.2, 0.25) is 0 Å². The van der Waals surface area contributed by atoms with Crippen LogP contribution in [0.2, 0.25) is 0 Å². The van der Waals surface area contributed by atoms with Crippen LogP contribution in [0.5, 0.6) is 0 Å². The first-order valence-corrected chi connectivity index (χ1v) is 4.22. The summed E-state index contributed by atoms with van der Waals surface area (Å²) in [6.45, 7) is 0. The molecule has 0 unspecified atom stereocenters. The summed E-state index contributed by atoms with van der Waals surface area (Å²) >= 11 is 3.44. The van der Waals surface area contributed by atoms with Crippen molar-refractivity contribution in [3.8, 4) is 0 Å². The molecule has 0 aliphatic heterocycles. The maximum absolute atomic E-state index is 3.44. The van der Waals surface area contributed by atoms with Gasteiger partial charge >= 0.3 is 0 Å². The molecule has 1 aromatic rings. The van der Waals surface area contributed by atoms with Crippen molar-refractivity contribution >= 4 is 26.5 Å². The molecule has 0 saturated heterocycles. The third kappa shape index (κ3) is 1.13. The number of fused-ring (bicyclic) bond motifs is 1. The first-order chi connectivity index (χ1) is 5.38. The molecule has 0 spiro atoms. The zero-order chi connectivity index (χ0) is 7.68. The molecule has 0 fully saturated rings. The number of halogens is 1. The van der Waals surface area contributed by atoms with Gasteiger partial charge < -0.3 is 0 Å². The maximum Gasteiger partial charge on any atom is 0.188 e. The normalized spacial score (nSPS) is 13.4. The highest BCUT2D eigenvalue weighted by molar-refractivity contribution is 9.15. The van der Waals surface area contributed by atoms with E-state index < -0.39 is 0 Å². The predicted molar refractivity (Wildman–Crippen MR) is 51.1 cm³/mol. The van der Waals surface area contributed by atoms with E-state index in [-0.39, 0.29) is 0 Å². The number of allylic oxidation sites excluding steroid dienone is 2. The summed E-state index contributed by atoms with van der Waals surface area (Å²) in [5.74, 6) is 0. The molecule has 0 heterocycles. The van der Waals surface area contributed by atoms with E-state index in [0.29, 0.717) is 0 Å². The lowest BCUT2D eigenvalue weighted by atomic mass is 10.0. The number of hydrogen-bond donors (Lipinski definition) is 0. The fraction of sp³-hybridized carbons (Fsp3) is 0. The Labute approximate surface area is 74.4 Å². The molecule has 0 nitrogen and oxygen atoms in total. The summed E-state index contributed by atoms with van der Waals surface area (Å²) in [5, 5.41) is 0. The van der Waals surface area contributed by atoms with Gasteiger partial charge in [0.05, 0.1) is 17.7 Å². The monoisotopic (exact) mass is 205 g/mol. The van der Waals surface area contributed by atoms with Crippen LogP contribution in [-0.2, 0) is 0 Å². The van der Waals surface area contributed by atoms with Crippen molar-refractivity contribution < 1.29 is 0 Å². The average Bonchev–Trinajstić information content (AvgIpc) is 2.06. The average molecular weight is 206 g/mol. The van der Waals surface area contributed by atoms with E-state index in [1.54, 1.807) is 0 Å². The summed E-state index contributed by atoms with van der Waals surface area (Å²) in [4.78, 5) is 0. The highest BCUT2D eigenvalue weighted by atomic mass is 79.9.